The zero-order valence-corrected chi connectivity index (χ0v) is 22.3. The summed E-state index contributed by atoms with van der Waals surface area (Å²) in [6.45, 7) is 4.09. The molecular formula is C26H30FN7O3S. The number of hydrogen-bond acceptors (Lipinski definition) is 9. The molecule has 1 amide bonds. The maximum Gasteiger partial charge on any atom is 0.247 e. The lowest BCUT2D eigenvalue weighted by atomic mass is 9.66. The third kappa shape index (κ3) is 3.37. The van der Waals surface area contributed by atoms with Gasteiger partial charge in [-0.25, -0.2) is 27.8 Å². The normalized spacial score (nSPS) is 28.8. The van der Waals surface area contributed by atoms with E-state index in [9.17, 15) is 22.9 Å². The third-order valence-corrected chi connectivity index (χ3v) is 11.4. The number of aromatic nitrogens is 3. The van der Waals surface area contributed by atoms with Crippen LogP contribution in [0.15, 0.2) is 24.7 Å². The van der Waals surface area contributed by atoms with Gasteiger partial charge < -0.3 is 14.7 Å². The number of nitriles is 1. The van der Waals surface area contributed by atoms with Gasteiger partial charge in [0.25, 0.3) is 0 Å². The van der Waals surface area contributed by atoms with Crippen LogP contribution in [-0.2, 0) is 20.0 Å². The molecule has 1 aliphatic carbocycles. The Hall–Kier alpha value is -3.33. The second-order valence-corrected chi connectivity index (χ2v) is 13.6. The van der Waals surface area contributed by atoms with E-state index in [1.165, 1.54) is 0 Å². The molecule has 0 bridgehead atoms. The fourth-order valence-electron chi connectivity index (χ4n) is 6.49. The summed E-state index contributed by atoms with van der Waals surface area (Å²) in [6, 6.07) is 5.13. The van der Waals surface area contributed by atoms with Gasteiger partial charge in [-0.05, 0) is 45.2 Å². The molecule has 3 atom stereocenters. The summed E-state index contributed by atoms with van der Waals surface area (Å²) in [5.74, 6) is 1.51. The first-order chi connectivity index (χ1) is 18.2. The summed E-state index contributed by atoms with van der Waals surface area (Å²) in [7, 11) is -3.78. The predicted octanol–water partition coefficient (Wildman–Crippen LogP) is 2.27. The highest BCUT2D eigenvalue weighted by molar-refractivity contribution is 7.95. The van der Waals surface area contributed by atoms with Crippen molar-refractivity contribution in [3.05, 3.63) is 35.8 Å². The van der Waals surface area contributed by atoms with Crippen molar-refractivity contribution in [2.45, 2.75) is 61.8 Å². The Labute approximate surface area is 221 Å². The Bertz CT molecular complexity index is 1450. The molecule has 2 aromatic heterocycles. The van der Waals surface area contributed by atoms with Crippen LogP contribution in [0.4, 0.5) is 21.8 Å². The van der Waals surface area contributed by atoms with E-state index >= 15 is 0 Å². The molecule has 1 saturated carbocycles. The summed E-state index contributed by atoms with van der Waals surface area (Å²) < 4.78 is 36.9. The van der Waals surface area contributed by atoms with Gasteiger partial charge >= 0.3 is 0 Å². The molecule has 4 aliphatic rings. The molecule has 12 heteroatoms. The van der Waals surface area contributed by atoms with E-state index in [1.54, 1.807) is 29.6 Å². The van der Waals surface area contributed by atoms with Crippen molar-refractivity contribution >= 4 is 33.2 Å². The fourth-order valence-corrected chi connectivity index (χ4v) is 8.07. The van der Waals surface area contributed by atoms with Gasteiger partial charge in [0.05, 0.1) is 17.4 Å². The number of fused-ring (bicyclic) bond motifs is 2. The maximum absolute atomic E-state index is 14.0. The molecule has 5 heterocycles. The first kappa shape index (κ1) is 25.0. The Kier molecular flexibility index (Phi) is 5.65. The van der Waals surface area contributed by atoms with E-state index in [2.05, 4.69) is 25.8 Å². The molecule has 200 valence electrons. The van der Waals surface area contributed by atoms with Crippen LogP contribution in [0.5, 0.6) is 0 Å². The summed E-state index contributed by atoms with van der Waals surface area (Å²) in [6.07, 6.45) is 6.29. The lowest BCUT2D eigenvalue weighted by Crippen LogP contribution is -2.68. The topological polar surface area (TPSA) is 123 Å². The van der Waals surface area contributed by atoms with Gasteiger partial charge in [-0.2, -0.15) is 5.26 Å². The number of sulfone groups is 1. The quantitative estimate of drug-likeness (QED) is 0.576. The average Bonchev–Trinajstić information content (AvgIpc) is 3.26. The lowest BCUT2D eigenvalue weighted by molar-refractivity contribution is -0.138. The van der Waals surface area contributed by atoms with E-state index in [-0.39, 0.29) is 36.2 Å². The number of carbonyl (C=O) groups excluding carboxylic acids is 1. The number of amides is 1. The Morgan fingerprint density at radius 1 is 1.16 bits per heavy atom. The van der Waals surface area contributed by atoms with E-state index in [0.29, 0.717) is 24.5 Å². The number of anilines is 3. The molecule has 1 unspecified atom stereocenters. The number of alkyl halides is 1. The first-order valence-corrected chi connectivity index (χ1v) is 14.7. The van der Waals surface area contributed by atoms with Crippen molar-refractivity contribution in [1.82, 2.24) is 19.9 Å². The zero-order chi connectivity index (χ0) is 26.9. The Morgan fingerprint density at radius 2 is 1.92 bits per heavy atom. The molecule has 10 nitrogen and oxygen atoms in total. The molecule has 0 aromatic carbocycles. The minimum absolute atomic E-state index is 0.0325. The highest BCUT2D eigenvalue weighted by atomic mass is 32.2. The molecule has 6 rings (SSSR count). The fraction of sp³-hybridized carbons (Fsp3) is 0.577. The molecule has 2 saturated heterocycles. The summed E-state index contributed by atoms with van der Waals surface area (Å²) in [5.41, 5.74) is 1.48. The van der Waals surface area contributed by atoms with Crippen LogP contribution in [0.25, 0.3) is 0 Å². The monoisotopic (exact) mass is 539 g/mol. The van der Waals surface area contributed by atoms with Crippen molar-refractivity contribution in [1.29, 1.82) is 5.26 Å². The highest BCUT2D eigenvalue weighted by Crippen LogP contribution is 2.56. The van der Waals surface area contributed by atoms with Crippen molar-refractivity contribution in [3.8, 4) is 6.07 Å². The summed E-state index contributed by atoms with van der Waals surface area (Å²) in [5, 5.41) is 9.39. The number of halogens is 1. The number of piperazine rings is 1. The molecule has 38 heavy (non-hydrogen) atoms. The van der Waals surface area contributed by atoms with Crippen LogP contribution < -0.4 is 9.80 Å². The molecule has 0 radical (unpaired) electrons. The van der Waals surface area contributed by atoms with E-state index in [0.717, 1.165) is 36.5 Å². The van der Waals surface area contributed by atoms with Crippen molar-refractivity contribution < 1.29 is 17.6 Å². The Balaban J connectivity index is 1.34. The van der Waals surface area contributed by atoms with Gasteiger partial charge in [-0.15, -0.1) is 0 Å². The number of pyridine rings is 1. The number of carbonyl (C=O) groups is 1. The van der Waals surface area contributed by atoms with Crippen LogP contribution in [-0.4, -0.2) is 83.1 Å². The number of rotatable bonds is 4. The van der Waals surface area contributed by atoms with Gasteiger partial charge in [0, 0.05) is 48.9 Å². The molecule has 3 fully saturated rings. The first-order valence-electron chi connectivity index (χ1n) is 13.0. The van der Waals surface area contributed by atoms with Gasteiger partial charge in [-0.1, -0.05) is 6.42 Å². The SMILES string of the molecule is C[C@@H]1CN(c2ncnc3c2C2(CCC2)CN3c2cc(C#N)ccn2)[C@@H](C)CN1C(=O)C1(CF)CCS1(=O)=O. The highest BCUT2D eigenvalue weighted by Gasteiger charge is 2.61. The molecule has 2 aromatic rings. The van der Waals surface area contributed by atoms with Crippen molar-refractivity contribution in [2.24, 2.45) is 0 Å². The van der Waals surface area contributed by atoms with Crippen LogP contribution in [0.2, 0.25) is 0 Å². The molecule has 0 N–H and O–H groups in total. The zero-order valence-electron chi connectivity index (χ0n) is 21.5. The van der Waals surface area contributed by atoms with Gasteiger partial charge in [0.1, 0.15) is 30.5 Å². The van der Waals surface area contributed by atoms with Crippen LogP contribution in [0.1, 0.15) is 50.7 Å². The van der Waals surface area contributed by atoms with Crippen molar-refractivity contribution in [2.75, 3.05) is 41.9 Å². The standard InChI is InChI=1S/C26H30FN7O3S/c1-17-13-33(24(35)26(14-27)7-9-38(26,36)37)18(2)12-32(17)22-21-23(31-16-30-22)34(15-25(21)5-3-6-25)20-10-19(11-28)4-8-29-20/h4,8,10,16-18H,3,5-7,9,12-15H2,1-2H3/t17-,18+,26?/m0/s1. The third-order valence-electron chi connectivity index (χ3n) is 9.01. The summed E-state index contributed by atoms with van der Waals surface area (Å²) in [4.78, 5) is 33.1. The lowest BCUT2D eigenvalue weighted by Gasteiger charge is -2.49. The van der Waals surface area contributed by atoms with E-state index < -0.39 is 27.2 Å². The van der Waals surface area contributed by atoms with Crippen LogP contribution in [0.3, 0.4) is 0 Å². The van der Waals surface area contributed by atoms with Crippen LogP contribution >= 0.6 is 0 Å². The van der Waals surface area contributed by atoms with E-state index in [4.69, 9.17) is 4.98 Å². The number of hydrogen-bond donors (Lipinski definition) is 0. The second kappa shape index (κ2) is 8.59. The summed E-state index contributed by atoms with van der Waals surface area (Å²) >= 11 is 0. The molecule has 3 aliphatic heterocycles. The van der Waals surface area contributed by atoms with Gasteiger partial charge in [-0.3, -0.25) is 4.79 Å². The molecular weight excluding hydrogens is 509 g/mol. The number of nitrogens with zero attached hydrogens (tertiary/aromatic N) is 7. The molecule has 1 spiro atoms. The van der Waals surface area contributed by atoms with Gasteiger partial charge in [0.2, 0.25) is 5.91 Å². The van der Waals surface area contributed by atoms with Crippen LogP contribution in [0, 0.1) is 11.3 Å². The largest absolute Gasteiger partial charge is 0.350 e. The second-order valence-electron chi connectivity index (χ2n) is 11.1. The minimum atomic E-state index is -3.78. The minimum Gasteiger partial charge on any atom is -0.350 e. The average molecular weight is 540 g/mol. The predicted molar refractivity (Wildman–Crippen MR) is 139 cm³/mol. The smallest absolute Gasteiger partial charge is 0.247 e. The van der Waals surface area contributed by atoms with E-state index in [1.807, 2.05) is 13.8 Å². The van der Waals surface area contributed by atoms with Gasteiger partial charge in [0.15, 0.2) is 14.6 Å². The van der Waals surface area contributed by atoms with Crippen molar-refractivity contribution in [3.63, 3.8) is 0 Å². The maximum atomic E-state index is 14.0. The Morgan fingerprint density at radius 3 is 2.53 bits per heavy atom.